The standard InChI is InChI=1S/C5H11FN2/c1-4(3-6)8-5(2)7/h4H,3H2,1-2H3,(H2,7,8). The maximum Gasteiger partial charge on any atom is 0.112 e. The van der Waals surface area contributed by atoms with Crippen molar-refractivity contribution in [3.63, 3.8) is 0 Å². The molecule has 0 aliphatic heterocycles. The fraction of sp³-hybridized carbons (Fsp3) is 0.800. The van der Waals surface area contributed by atoms with Gasteiger partial charge in [0, 0.05) is 0 Å². The SMILES string of the molecule is C/C(N)=N/C(C)CF. The normalized spacial score (nSPS) is 16.1. The summed E-state index contributed by atoms with van der Waals surface area (Å²) in [7, 11) is 0. The van der Waals surface area contributed by atoms with Gasteiger partial charge in [0.05, 0.1) is 11.9 Å². The predicted molar refractivity (Wildman–Crippen MR) is 32.7 cm³/mol. The topological polar surface area (TPSA) is 38.4 Å². The highest BCUT2D eigenvalue weighted by atomic mass is 19.1. The summed E-state index contributed by atoms with van der Waals surface area (Å²) < 4.78 is 11.6. The van der Waals surface area contributed by atoms with Gasteiger partial charge in [-0.3, -0.25) is 4.99 Å². The third-order valence-corrected chi connectivity index (χ3v) is 0.647. The van der Waals surface area contributed by atoms with Crippen molar-refractivity contribution in [1.29, 1.82) is 0 Å². The van der Waals surface area contributed by atoms with Gasteiger partial charge in [-0.1, -0.05) is 0 Å². The molecule has 1 atom stereocenters. The van der Waals surface area contributed by atoms with Crippen LogP contribution in [0.2, 0.25) is 0 Å². The predicted octanol–water partition coefficient (Wildman–Crippen LogP) is 0.721. The zero-order valence-electron chi connectivity index (χ0n) is 5.19. The molecule has 0 fully saturated rings. The second kappa shape index (κ2) is 3.41. The van der Waals surface area contributed by atoms with Crippen LogP contribution in [0, 0.1) is 0 Å². The van der Waals surface area contributed by atoms with Gasteiger partial charge >= 0.3 is 0 Å². The summed E-state index contributed by atoms with van der Waals surface area (Å²) >= 11 is 0. The first-order valence-electron chi connectivity index (χ1n) is 2.52. The first-order chi connectivity index (χ1) is 3.66. The average molecular weight is 118 g/mol. The minimum Gasteiger partial charge on any atom is -0.388 e. The van der Waals surface area contributed by atoms with Gasteiger partial charge < -0.3 is 5.73 Å². The Kier molecular flexibility index (Phi) is 3.15. The second-order valence-electron chi connectivity index (χ2n) is 1.77. The van der Waals surface area contributed by atoms with Gasteiger partial charge in [0.1, 0.15) is 6.67 Å². The first-order valence-corrected chi connectivity index (χ1v) is 2.52. The monoisotopic (exact) mass is 118 g/mol. The quantitative estimate of drug-likeness (QED) is 0.421. The largest absolute Gasteiger partial charge is 0.388 e. The van der Waals surface area contributed by atoms with E-state index < -0.39 is 6.67 Å². The van der Waals surface area contributed by atoms with Gasteiger partial charge in [-0.25, -0.2) is 4.39 Å². The van der Waals surface area contributed by atoms with Gasteiger partial charge in [-0.05, 0) is 13.8 Å². The van der Waals surface area contributed by atoms with Crippen molar-refractivity contribution in [2.45, 2.75) is 19.9 Å². The molecule has 0 aromatic heterocycles. The zero-order valence-corrected chi connectivity index (χ0v) is 5.19. The van der Waals surface area contributed by atoms with Crippen LogP contribution in [-0.2, 0) is 0 Å². The molecule has 0 saturated carbocycles. The van der Waals surface area contributed by atoms with Gasteiger partial charge in [0.25, 0.3) is 0 Å². The number of aliphatic imine (C=N–C) groups is 1. The number of halogens is 1. The summed E-state index contributed by atoms with van der Waals surface area (Å²) in [6, 6.07) is -0.278. The van der Waals surface area contributed by atoms with E-state index in [0.29, 0.717) is 5.84 Å². The van der Waals surface area contributed by atoms with Crippen molar-refractivity contribution in [2.75, 3.05) is 6.67 Å². The Morgan fingerprint density at radius 2 is 2.38 bits per heavy atom. The lowest BCUT2D eigenvalue weighted by molar-refractivity contribution is 0.446. The molecule has 0 saturated heterocycles. The molecule has 0 amide bonds. The molecule has 2 nitrogen and oxygen atoms in total. The molecule has 0 radical (unpaired) electrons. The summed E-state index contributed by atoms with van der Waals surface area (Å²) in [5.74, 6) is 0.440. The molecular formula is C5H11FN2. The second-order valence-corrected chi connectivity index (χ2v) is 1.77. The molecule has 3 heteroatoms. The van der Waals surface area contributed by atoms with Crippen molar-refractivity contribution in [3.05, 3.63) is 0 Å². The summed E-state index contributed by atoms with van der Waals surface area (Å²) in [4.78, 5) is 3.72. The molecular weight excluding hydrogens is 107 g/mol. The molecule has 8 heavy (non-hydrogen) atoms. The van der Waals surface area contributed by atoms with Crippen LogP contribution >= 0.6 is 0 Å². The molecule has 0 bridgehead atoms. The van der Waals surface area contributed by atoms with Gasteiger partial charge in [0.15, 0.2) is 0 Å². The van der Waals surface area contributed by atoms with E-state index >= 15 is 0 Å². The van der Waals surface area contributed by atoms with Crippen LogP contribution in [-0.4, -0.2) is 18.6 Å². The number of hydrogen-bond donors (Lipinski definition) is 1. The van der Waals surface area contributed by atoms with E-state index in [1.54, 1.807) is 13.8 Å². The third-order valence-electron chi connectivity index (χ3n) is 0.647. The maximum absolute atomic E-state index is 11.6. The highest BCUT2D eigenvalue weighted by Gasteiger charge is 1.93. The van der Waals surface area contributed by atoms with E-state index in [-0.39, 0.29) is 6.04 Å². The third kappa shape index (κ3) is 3.59. The van der Waals surface area contributed by atoms with Crippen molar-refractivity contribution in [2.24, 2.45) is 10.7 Å². The van der Waals surface area contributed by atoms with Crippen molar-refractivity contribution >= 4 is 5.84 Å². The van der Waals surface area contributed by atoms with Gasteiger partial charge in [0.2, 0.25) is 0 Å². The van der Waals surface area contributed by atoms with Crippen LogP contribution in [0.25, 0.3) is 0 Å². The number of alkyl halides is 1. The highest BCUT2D eigenvalue weighted by molar-refractivity contribution is 5.77. The van der Waals surface area contributed by atoms with Crippen LogP contribution in [0.3, 0.4) is 0 Å². The molecule has 0 aliphatic rings. The summed E-state index contributed by atoms with van der Waals surface area (Å²) in [6.45, 7) is 2.89. The lowest BCUT2D eigenvalue weighted by Crippen LogP contribution is -2.11. The summed E-state index contributed by atoms with van der Waals surface area (Å²) in [5.41, 5.74) is 5.15. The molecule has 0 aromatic rings. The Morgan fingerprint density at radius 1 is 1.88 bits per heavy atom. The van der Waals surface area contributed by atoms with E-state index in [1.807, 2.05) is 0 Å². The number of hydrogen-bond acceptors (Lipinski definition) is 1. The Labute approximate surface area is 48.6 Å². The van der Waals surface area contributed by atoms with Gasteiger partial charge in [-0.2, -0.15) is 0 Å². The van der Waals surface area contributed by atoms with E-state index in [0.717, 1.165) is 0 Å². The van der Waals surface area contributed by atoms with Crippen molar-refractivity contribution in [1.82, 2.24) is 0 Å². The molecule has 0 heterocycles. The fourth-order valence-corrected chi connectivity index (χ4v) is 0.382. The van der Waals surface area contributed by atoms with Crippen molar-refractivity contribution < 1.29 is 4.39 Å². The molecule has 0 aromatic carbocycles. The molecule has 0 aliphatic carbocycles. The van der Waals surface area contributed by atoms with E-state index in [4.69, 9.17) is 5.73 Å². The average Bonchev–Trinajstić information content (AvgIpc) is 1.65. The fourth-order valence-electron chi connectivity index (χ4n) is 0.382. The number of rotatable bonds is 2. The minimum atomic E-state index is -0.436. The summed E-state index contributed by atoms with van der Waals surface area (Å²) in [6.07, 6.45) is 0. The van der Waals surface area contributed by atoms with E-state index in [2.05, 4.69) is 4.99 Å². The first kappa shape index (κ1) is 7.40. The number of amidine groups is 1. The Balaban J connectivity index is 3.51. The van der Waals surface area contributed by atoms with E-state index in [1.165, 1.54) is 0 Å². The molecule has 2 N–H and O–H groups in total. The van der Waals surface area contributed by atoms with E-state index in [9.17, 15) is 4.39 Å². The van der Waals surface area contributed by atoms with Crippen LogP contribution in [0.5, 0.6) is 0 Å². The molecule has 0 rings (SSSR count). The minimum absolute atomic E-state index is 0.278. The Bertz CT molecular complexity index is 86.4. The lowest BCUT2D eigenvalue weighted by atomic mass is 10.4. The molecule has 1 unspecified atom stereocenters. The van der Waals surface area contributed by atoms with Crippen molar-refractivity contribution in [3.8, 4) is 0 Å². The zero-order chi connectivity index (χ0) is 6.57. The molecule has 0 spiro atoms. The Morgan fingerprint density at radius 3 is 2.50 bits per heavy atom. The smallest absolute Gasteiger partial charge is 0.112 e. The molecule has 48 valence electrons. The van der Waals surface area contributed by atoms with Crippen LogP contribution in [0.4, 0.5) is 4.39 Å². The number of nitrogens with zero attached hydrogens (tertiary/aromatic N) is 1. The van der Waals surface area contributed by atoms with Crippen LogP contribution in [0.15, 0.2) is 4.99 Å². The Hall–Kier alpha value is -0.600. The lowest BCUT2D eigenvalue weighted by Gasteiger charge is -1.97. The maximum atomic E-state index is 11.6. The van der Waals surface area contributed by atoms with Crippen LogP contribution < -0.4 is 5.73 Å². The van der Waals surface area contributed by atoms with Gasteiger partial charge in [-0.15, -0.1) is 0 Å². The van der Waals surface area contributed by atoms with Crippen LogP contribution in [0.1, 0.15) is 13.8 Å². The number of nitrogens with two attached hydrogens (primary N) is 1. The summed E-state index contributed by atoms with van der Waals surface area (Å²) in [5, 5.41) is 0. The highest BCUT2D eigenvalue weighted by Crippen LogP contribution is 1.88.